The third-order valence-corrected chi connectivity index (χ3v) is 6.04. The topological polar surface area (TPSA) is 52.7 Å². The van der Waals surface area contributed by atoms with Crippen LogP contribution in [0.15, 0.2) is 18.2 Å². The molecular weight excluding hydrogens is 352 g/mol. The highest BCUT2D eigenvalue weighted by molar-refractivity contribution is 5.89. The van der Waals surface area contributed by atoms with Gasteiger partial charge in [0, 0.05) is 49.8 Å². The zero-order valence-corrected chi connectivity index (χ0v) is 15.3. The minimum absolute atomic E-state index is 0.0492. The quantitative estimate of drug-likeness (QED) is 0.875. The molecule has 2 aliphatic heterocycles. The number of urea groups is 1. The van der Waals surface area contributed by atoms with Crippen molar-refractivity contribution in [1.82, 2.24) is 9.80 Å². The Kier molecular flexibility index (Phi) is 4.78. The molecule has 0 aromatic heterocycles. The molecule has 2 saturated heterocycles. The lowest BCUT2D eigenvalue weighted by Gasteiger charge is -2.48. The summed E-state index contributed by atoms with van der Waals surface area (Å²) in [6.45, 7) is 2.80. The zero-order chi connectivity index (χ0) is 19.0. The summed E-state index contributed by atoms with van der Waals surface area (Å²) in [6.07, 6.45) is 5.67. The number of carbonyl (C=O) groups is 2. The smallest absolute Gasteiger partial charge is 0.321 e. The van der Waals surface area contributed by atoms with E-state index >= 15 is 0 Å². The molecule has 7 heteroatoms. The maximum atomic E-state index is 13.4. The molecule has 1 aromatic rings. The van der Waals surface area contributed by atoms with Gasteiger partial charge in [0.1, 0.15) is 0 Å². The Bertz CT molecular complexity index is 753. The fourth-order valence-electron chi connectivity index (χ4n) is 4.37. The van der Waals surface area contributed by atoms with Crippen molar-refractivity contribution in [2.75, 3.05) is 31.5 Å². The third kappa shape index (κ3) is 4.06. The van der Waals surface area contributed by atoms with Gasteiger partial charge >= 0.3 is 6.03 Å². The second-order valence-corrected chi connectivity index (χ2v) is 8.30. The first kappa shape index (κ1) is 18.2. The van der Waals surface area contributed by atoms with E-state index in [0.29, 0.717) is 25.4 Å². The summed E-state index contributed by atoms with van der Waals surface area (Å²) in [5.41, 5.74) is 0.194. The summed E-state index contributed by atoms with van der Waals surface area (Å²) < 4.78 is 26.4. The van der Waals surface area contributed by atoms with Crippen molar-refractivity contribution in [1.29, 1.82) is 0 Å². The minimum atomic E-state index is -0.982. The zero-order valence-electron chi connectivity index (χ0n) is 15.3. The predicted molar refractivity (Wildman–Crippen MR) is 97.2 cm³/mol. The number of hydrogen-bond acceptors (Lipinski definition) is 2. The highest BCUT2D eigenvalue weighted by Gasteiger charge is 2.43. The van der Waals surface area contributed by atoms with Gasteiger partial charge in [0.2, 0.25) is 5.91 Å². The summed E-state index contributed by atoms with van der Waals surface area (Å²) in [6, 6.07) is 3.05. The van der Waals surface area contributed by atoms with E-state index in [-0.39, 0.29) is 23.0 Å². The summed E-state index contributed by atoms with van der Waals surface area (Å²) in [5.74, 6) is -1.03. The first-order chi connectivity index (χ1) is 12.9. The molecule has 3 amide bonds. The summed E-state index contributed by atoms with van der Waals surface area (Å²) in [7, 11) is 0. The van der Waals surface area contributed by atoms with Crippen molar-refractivity contribution in [3.63, 3.8) is 0 Å². The van der Waals surface area contributed by atoms with Crippen molar-refractivity contribution in [3.8, 4) is 0 Å². The van der Waals surface area contributed by atoms with Crippen LogP contribution in [0.25, 0.3) is 0 Å². The fourth-order valence-corrected chi connectivity index (χ4v) is 4.37. The van der Waals surface area contributed by atoms with Crippen LogP contribution in [-0.4, -0.2) is 47.9 Å². The standard InChI is InChI=1S/C20H25F2N3O2/c21-16-5-4-15(10-17(16)22)23-19(27)24-9-1-7-20(12-24)8-6-18(26)25(13-20)11-14-2-3-14/h4-5,10,14H,1-3,6-9,11-13H2,(H,23,27)/t20-/m1/s1. The van der Waals surface area contributed by atoms with Crippen LogP contribution < -0.4 is 5.32 Å². The average molecular weight is 377 g/mol. The van der Waals surface area contributed by atoms with Crippen molar-refractivity contribution in [3.05, 3.63) is 29.8 Å². The van der Waals surface area contributed by atoms with Gasteiger partial charge in [0.15, 0.2) is 11.6 Å². The van der Waals surface area contributed by atoms with Gasteiger partial charge in [-0.25, -0.2) is 13.6 Å². The van der Waals surface area contributed by atoms with Gasteiger partial charge in [-0.2, -0.15) is 0 Å². The van der Waals surface area contributed by atoms with Crippen LogP contribution in [0, 0.1) is 23.0 Å². The molecule has 1 aliphatic carbocycles. The monoisotopic (exact) mass is 377 g/mol. The van der Waals surface area contributed by atoms with E-state index in [2.05, 4.69) is 5.32 Å². The molecule has 3 aliphatic rings. The Morgan fingerprint density at radius 2 is 2.00 bits per heavy atom. The van der Waals surface area contributed by atoms with Gasteiger partial charge in [-0.1, -0.05) is 0 Å². The summed E-state index contributed by atoms with van der Waals surface area (Å²) in [4.78, 5) is 28.7. The number of carbonyl (C=O) groups excluding carboxylic acids is 2. The normalized spacial score (nSPS) is 25.8. The molecule has 0 unspecified atom stereocenters. The highest BCUT2D eigenvalue weighted by Crippen LogP contribution is 2.40. The first-order valence-electron chi connectivity index (χ1n) is 9.73. The molecule has 1 saturated carbocycles. The van der Waals surface area contributed by atoms with Crippen LogP contribution in [0.5, 0.6) is 0 Å². The molecule has 3 fully saturated rings. The maximum absolute atomic E-state index is 13.4. The number of amides is 3. The minimum Gasteiger partial charge on any atom is -0.342 e. The first-order valence-corrected chi connectivity index (χ1v) is 9.73. The lowest BCUT2D eigenvalue weighted by atomic mass is 9.73. The van der Waals surface area contributed by atoms with Crippen LogP contribution in [0.1, 0.15) is 38.5 Å². The van der Waals surface area contributed by atoms with E-state index in [1.54, 1.807) is 4.90 Å². The molecular formula is C20H25F2N3O2. The SMILES string of the molecule is O=C1CC[C@@]2(CCCN(C(=O)Nc3ccc(F)c(F)c3)C2)CN1CC1CC1. The van der Waals surface area contributed by atoms with Gasteiger partial charge < -0.3 is 15.1 Å². The van der Waals surface area contributed by atoms with E-state index in [1.807, 2.05) is 4.90 Å². The van der Waals surface area contributed by atoms with Crippen LogP contribution in [-0.2, 0) is 4.79 Å². The van der Waals surface area contributed by atoms with Gasteiger partial charge in [0.25, 0.3) is 0 Å². The van der Waals surface area contributed by atoms with Crippen LogP contribution in [0.4, 0.5) is 19.3 Å². The molecule has 4 rings (SSSR count). The Labute approximate surface area is 157 Å². The molecule has 1 atom stereocenters. The third-order valence-electron chi connectivity index (χ3n) is 6.04. The van der Waals surface area contributed by atoms with Crippen molar-refractivity contribution in [2.24, 2.45) is 11.3 Å². The van der Waals surface area contributed by atoms with Crippen molar-refractivity contribution in [2.45, 2.75) is 38.5 Å². The van der Waals surface area contributed by atoms with E-state index in [1.165, 1.54) is 18.9 Å². The molecule has 146 valence electrons. The number of piperidine rings is 2. The second kappa shape index (κ2) is 7.09. The summed E-state index contributed by atoms with van der Waals surface area (Å²) >= 11 is 0. The lowest BCUT2D eigenvalue weighted by molar-refractivity contribution is -0.139. The van der Waals surface area contributed by atoms with E-state index < -0.39 is 11.6 Å². The molecule has 27 heavy (non-hydrogen) atoms. The molecule has 5 nitrogen and oxygen atoms in total. The Balaban J connectivity index is 1.41. The molecule has 1 aromatic carbocycles. The van der Waals surface area contributed by atoms with Gasteiger partial charge in [0.05, 0.1) is 0 Å². The lowest BCUT2D eigenvalue weighted by Crippen LogP contribution is -2.56. The molecule has 0 bridgehead atoms. The number of nitrogens with zero attached hydrogens (tertiary/aromatic N) is 2. The van der Waals surface area contributed by atoms with Gasteiger partial charge in [-0.3, -0.25) is 4.79 Å². The number of nitrogens with one attached hydrogen (secondary N) is 1. The number of anilines is 1. The molecule has 2 heterocycles. The number of rotatable bonds is 3. The van der Waals surface area contributed by atoms with Crippen LogP contribution in [0.2, 0.25) is 0 Å². The molecule has 1 spiro atoms. The second-order valence-electron chi connectivity index (χ2n) is 8.30. The Morgan fingerprint density at radius 1 is 1.19 bits per heavy atom. The average Bonchev–Trinajstić information content (AvgIpc) is 3.46. The Hall–Kier alpha value is -2.18. The number of hydrogen-bond donors (Lipinski definition) is 1. The van der Waals surface area contributed by atoms with Crippen molar-refractivity contribution >= 4 is 17.6 Å². The van der Waals surface area contributed by atoms with E-state index in [9.17, 15) is 18.4 Å². The molecule has 1 N–H and O–H groups in total. The maximum Gasteiger partial charge on any atom is 0.321 e. The fraction of sp³-hybridized carbons (Fsp3) is 0.600. The number of benzene rings is 1. The van der Waals surface area contributed by atoms with E-state index in [0.717, 1.165) is 44.5 Å². The van der Waals surface area contributed by atoms with E-state index in [4.69, 9.17) is 0 Å². The van der Waals surface area contributed by atoms with Crippen LogP contribution in [0.3, 0.4) is 0 Å². The van der Waals surface area contributed by atoms with Crippen LogP contribution >= 0.6 is 0 Å². The van der Waals surface area contributed by atoms with Crippen molar-refractivity contribution < 1.29 is 18.4 Å². The number of likely N-dealkylation sites (tertiary alicyclic amines) is 2. The van der Waals surface area contributed by atoms with Gasteiger partial charge in [-0.15, -0.1) is 0 Å². The Morgan fingerprint density at radius 3 is 2.74 bits per heavy atom. The summed E-state index contributed by atoms with van der Waals surface area (Å²) in [5, 5.41) is 2.66. The van der Waals surface area contributed by atoms with Gasteiger partial charge in [-0.05, 0) is 50.2 Å². The predicted octanol–water partition coefficient (Wildman–Crippen LogP) is 3.61. The highest BCUT2D eigenvalue weighted by atomic mass is 19.2. The number of halogens is 2. The largest absolute Gasteiger partial charge is 0.342 e. The molecule has 0 radical (unpaired) electrons.